The van der Waals surface area contributed by atoms with Gasteiger partial charge in [-0.1, -0.05) is 96.7 Å². The molecule has 0 amide bonds. The van der Waals surface area contributed by atoms with Crippen molar-refractivity contribution in [1.82, 2.24) is 0 Å². The molecule has 32 heavy (non-hydrogen) atoms. The lowest BCUT2D eigenvalue weighted by Crippen LogP contribution is -2.15. The van der Waals surface area contributed by atoms with Crippen LogP contribution in [-0.2, 0) is 0 Å². The van der Waals surface area contributed by atoms with Crippen molar-refractivity contribution in [1.29, 1.82) is 0 Å². The highest BCUT2D eigenvalue weighted by Crippen LogP contribution is 2.53. The molecule has 0 saturated carbocycles. The van der Waals surface area contributed by atoms with Gasteiger partial charge in [0.1, 0.15) is 0 Å². The minimum atomic E-state index is 1.23. The Morgan fingerprint density at radius 2 is 1.00 bits per heavy atom. The van der Waals surface area contributed by atoms with E-state index in [0.717, 1.165) is 0 Å². The predicted octanol–water partition coefficient (Wildman–Crippen LogP) is 9.08. The van der Waals surface area contributed by atoms with Crippen molar-refractivity contribution in [3.63, 3.8) is 0 Å². The van der Waals surface area contributed by atoms with Crippen LogP contribution in [0.5, 0.6) is 0 Å². The summed E-state index contributed by atoms with van der Waals surface area (Å²) in [5.74, 6) is 0. The number of hydrogen-bond donors (Lipinski definition) is 0. The van der Waals surface area contributed by atoms with E-state index >= 15 is 0 Å². The topological polar surface area (TPSA) is 3.24 Å². The zero-order valence-electron chi connectivity index (χ0n) is 17.3. The number of para-hydroxylation sites is 2. The fourth-order valence-electron chi connectivity index (χ4n) is 5.01. The summed E-state index contributed by atoms with van der Waals surface area (Å²) in [4.78, 5) is 5.01. The molecule has 6 aromatic carbocycles. The molecule has 1 aliphatic heterocycles. The van der Waals surface area contributed by atoms with Crippen LogP contribution >= 0.6 is 11.8 Å². The molecule has 1 nitrogen and oxygen atoms in total. The number of fused-ring (bicyclic) bond motifs is 7. The summed E-state index contributed by atoms with van der Waals surface area (Å²) in [6.07, 6.45) is 0. The van der Waals surface area contributed by atoms with Gasteiger partial charge in [-0.3, -0.25) is 0 Å². The van der Waals surface area contributed by atoms with Gasteiger partial charge in [-0.25, -0.2) is 0 Å². The fourth-order valence-corrected chi connectivity index (χ4v) is 6.07. The number of rotatable bonds is 1. The first-order chi connectivity index (χ1) is 15.9. The van der Waals surface area contributed by atoms with Gasteiger partial charge in [-0.15, -0.1) is 0 Å². The van der Waals surface area contributed by atoms with E-state index in [2.05, 4.69) is 120 Å². The Kier molecular flexibility index (Phi) is 3.84. The summed E-state index contributed by atoms with van der Waals surface area (Å²) >= 11 is 1.85. The molecule has 1 heterocycles. The monoisotopic (exact) mass is 425 g/mol. The molecule has 0 fully saturated rings. The van der Waals surface area contributed by atoms with Crippen LogP contribution in [0.1, 0.15) is 0 Å². The SMILES string of the molecule is c1ccc2c(c1)Sc1ccccc1N2c1cc2ccc3ccccc3c2c2ccccc12. The molecule has 6 aromatic rings. The summed E-state index contributed by atoms with van der Waals surface area (Å²) in [6, 6.07) is 41.8. The van der Waals surface area contributed by atoms with Gasteiger partial charge in [0.15, 0.2) is 0 Å². The van der Waals surface area contributed by atoms with E-state index in [9.17, 15) is 0 Å². The first-order valence-corrected chi connectivity index (χ1v) is 11.7. The van der Waals surface area contributed by atoms with Gasteiger partial charge in [0.25, 0.3) is 0 Å². The molecular formula is C30H19NS. The van der Waals surface area contributed by atoms with Gasteiger partial charge in [-0.2, -0.15) is 0 Å². The maximum atomic E-state index is 2.44. The van der Waals surface area contributed by atoms with Crippen LogP contribution in [0.25, 0.3) is 32.3 Å². The molecule has 0 radical (unpaired) electrons. The van der Waals surface area contributed by atoms with Crippen molar-refractivity contribution in [3.8, 4) is 0 Å². The molecule has 150 valence electrons. The third-order valence-electron chi connectivity index (χ3n) is 6.40. The summed E-state index contributed by atoms with van der Waals surface area (Å²) in [5.41, 5.74) is 3.70. The number of benzene rings is 6. The van der Waals surface area contributed by atoms with Crippen molar-refractivity contribution in [2.45, 2.75) is 9.79 Å². The molecule has 0 N–H and O–H groups in total. The second-order valence-corrected chi connectivity index (χ2v) is 9.28. The molecule has 0 saturated heterocycles. The lowest BCUT2D eigenvalue weighted by Gasteiger charge is -2.34. The van der Waals surface area contributed by atoms with Gasteiger partial charge in [0.2, 0.25) is 0 Å². The minimum absolute atomic E-state index is 1.23. The van der Waals surface area contributed by atoms with Crippen molar-refractivity contribution in [3.05, 3.63) is 115 Å². The number of anilines is 3. The Morgan fingerprint density at radius 3 is 1.75 bits per heavy atom. The molecule has 0 aliphatic carbocycles. The number of hydrogen-bond acceptors (Lipinski definition) is 2. The van der Waals surface area contributed by atoms with Gasteiger partial charge in [-0.05, 0) is 57.3 Å². The van der Waals surface area contributed by atoms with Crippen molar-refractivity contribution >= 4 is 61.1 Å². The van der Waals surface area contributed by atoms with Crippen LogP contribution in [0.3, 0.4) is 0 Å². The molecule has 0 aromatic heterocycles. The average Bonchev–Trinajstić information content (AvgIpc) is 2.86. The molecule has 0 atom stereocenters. The molecule has 2 heteroatoms. The van der Waals surface area contributed by atoms with Gasteiger partial charge < -0.3 is 4.90 Å². The molecule has 0 bridgehead atoms. The van der Waals surface area contributed by atoms with E-state index in [1.807, 2.05) is 11.8 Å². The average molecular weight is 426 g/mol. The predicted molar refractivity (Wildman–Crippen MR) is 138 cm³/mol. The Bertz CT molecular complexity index is 1620. The normalized spacial score (nSPS) is 12.8. The smallest absolute Gasteiger partial charge is 0.0601 e. The zero-order chi connectivity index (χ0) is 21.1. The van der Waals surface area contributed by atoms with E-state index in [0.29, 0.717) is 0 Å². The molecule has 1 aliphatic rings. The van der Waals surface area contributed by atoms with Gasteiger partial charge in [0.05, 0.1) is 17.1 Å². The molecular weight excluding hydrogens is 406 g/mol. The Labute approximate surface area is 190 Å². The maximum absolute atomic E-state index is 2.44. The molecule has 7 rings (SSSR count). The first-order valence-electron chi connectivity index (χ1n) is 10.9. The Morgan fingerprint density at radius 1 is 0.438 bits per heavy atom. The quantitative estimate of drug-likeness (QED) is 0.241. The lowest BCUT2D eigenvalue weighted by atomic mass is 9.94. The van der Waals surface area contributed by atoms with Crippen molar-refractivity contribution in [2.24, 2.45) is 0 Å². The Balaban J connectivity index is 1.63. The zero-order valence-corrected chi connectivity index (χ0v) is 18.1. The minimum Gasteiger partial charge on any atom is -0.308 e. The molecule has 0 spiro atoms. The first kappa shape index (κ1) is 17.9. The number of nitrogens with zero attached hydrogens (tertiary/aromatic N) is 1. The highest BCUT2D eigenvalue weighted by atomic mass is 32.2. The third kappa shape index (κ3) is 2.54. The summed E-state index contributed by atoms with van der Waals surface area (Å²) in [7, 11) is 0. The van der Waals surface area contributed by atoms with Gasteiger partial charge >= 0.3 is 0 Å². The highest BCUT2D eigenvalue weighted by molar-refractivity contribution is 7.99. The van der Waals surface area contributed by atoms with E-state index in [4.69, 9.17) is 0 Å². The third-order valence-corrected chi connectivity index (χ3v) is 7.53. The van der Waals surface area contributed by atoms with Crippen LogP contribution in [-0.4, -0.2) is 0 Å². The standard InChI is InChI=1S/C30H19NS/c1-2-10-22-20(9-1)17-18-21-19-27(23-11-3-4-12-24(23)30(21)22)31-25-13-5-7-15-28(25)32-29-16-8-6-14-26(29)31/h1-19H. The van der Waals surface area contributed by atoms with Gasteiger partial charge in [0, 0.05) is 15.2 Å². The van der Waals surface area contributed by atoms with Crippen molar-refractivity contribution in [2.75, 3.05) is 4.90 Å². The van der Waals surface area contributed by atoms with Crippen LogP contribution in [0, 0.1) is 0 Å². The van der Waals surface area contributed by atoms with E-state index in [1.54, 1.807) is 0 Å². The van der Waals surface area contributed by atoms with Crippen LogP contribution in [0.2, 0.25) is 0 Å². The largest absolute Gasteiger partial charge is 0.308 e. The van der Waals surface area contributed by atoms with E-state index < -0.39 is 0 Å². The second kappa shape index (κ2) is 6.88. The van der Waals surface area contributed by atoms with E-state index in [1.165, 1.54) is 59.2 Å². The second-order valence-electron chi connectivity index (χ2n) is 8.20. The molecule has 0 unspecified atom stereocenters. The van der Waals surface area contributed by atoms with E-state index in [-0.39, 0.29) is 0 Å². The fraction of sp³-hybridized carbons (Fsp3) is 0. The lowest BCUT2D eigenvalue weighted by molar-refractivity contribution is 1.17. The summed E-state index contributed by atoms with van der Waals surface area (Å²) < 4.78 is 0. The Hall–Kier alpha value is -3.75. The highest BCUT2D eigenvalue weighted by Gasteiger charge is 2.26. The summed E-state index contributed by atoms with van der Waals surface area (Å²) in [5, 5.41) is 7.75. The van der Waals surface area contributed by atoms with Crippen LogP contribution in [0.15, 0.2) is 125 Å². The van der Waals surface area contributed by atoms with Crippen LogP contribution < -0.4 is 4.90 Å². The summed E-state index contributed by atoms with van der Waals surface area (Å²) in [6.45, 7) is 0. The maximum Gasteiger partial charge on any atom is 0.0601 e. The van der Waals surface area contributed by atoms with Crippen molar-refractivity contribution < 1.29 is 0 Å². The van der Waals surface area contributed by atoms with Crippen LogP contribution in [0.4, 0.5) is 17.1 Å².